The Kier molecular flexibility index (Phi) is 8.43. The van der Waals surface area contributed by atoms with Crippen LogP contribution in [0.5, 0.6) is 0 Å². The van der Waals surface area contributed by atoms with Crippen molar-refractivity contribution in [2.75, 3.05) is 33.8 Å². The van der Waals surface area contributed by atoms with E-state index in [0.717, 1.165) is 19.4 Å². The maximum atomic E-state index is 12.2. The number of quaternary nitrogens is 1. The quantitative estimate of drug-likeness (QED) is 0.527. The minimum atomic E-state index is -0.618. The van der Waals surface area contributed by atoms with Gasteiger partial charge < -0.3 is 14.3 Å². The highest BCUT2D eigenvalue weighted by Crippen LogP contribution is 2.27. The number of benzene rings is 1. The van der Waals surface area contributed by atoms with E-state index in [0.29, 0.717) is 16.9 Å². The summed E-state index contributed by atoms with van der Waals surface area (Å²) in [5.74, 6) is -0.0318. The van der Waals surface area contributed by atoms with Crippen molar-refractivity contribution in [2.45, 2.75) is 45.6 Å². The highest BCUT2D eigenvalue weighted by molar-refractivity contribution is 5.72. The molecule has 1 rings (SSSR count). The van der Waals surface area contributed by atoms with Crippen LogP contribution in [-0.4, -0.2) is 55.5 Å². The van der Waals surface area contributed by atoms with Crippen molar-refractivity contribution in [1.82, 2.24) is 0 Å². The van der Waals surface area contributed by atoms with Crippen molar-refractivity contribution in [2.24, 2.45) is 5.92 Å². The SMILES string of the molecule is CCC(CC(C)C(=O)OCC(O)C[N+](C)(C)CC)c1ccccc1. The first kappa shape index (κ1) is 20.7. The molecule has 0 spiro atoms. The van der Waals surface area contributed by atoms with Crippen LogP contribution in [0.1, 0.15) is 45.1 Å². The van der Waals surface area contributed by atoms with E-state index < -0.39 is 6.10 Å². The summed E-state index contributed by atoms with van der Waals surface area (Å²) in [6.45, 7) is 7.72. The Balaban J connectivity index is 2.47. The van der Waals surface area contributed by atoms with Gasteiger partial charge in [-0.2, -0.15) is 0 Å². The molecule has 0 saturated heterocycles. The monoisotopic (exact) mass is 336 g/mol. The maximum absolute atomic E-state index is 12.2. The average molecular weight is 336 g/mol. The number of carbonyl (C=O) groups is 1. The number of hydrogen-bond acceptors (Lipinski definition) is 3. The third kappa shape index (κ3) is 7.02. The molecule has 0 aromatic heterocycles. The second-order valence-corrected chi connectivity index (χ2v) is 7.37. The Bertz CT molecular complexity index is 487. The molecule has 1 aromatic rings. The second kappa shape index (κ2) is 9.80. The van der Waals surface area contributed by atoms with Gasteiger partial charge in [-0.1, -0.05) is 44.2 Å². The smallest absolute Gasteiger partial charge is 0.308 e. The zero-order valence-corrected chi connectivity index (χ0v) is 15.9. The van der Waals surface area contributed by atoms with E-state index in [4.69, 9.17) is 4.74 Å². The normalized spacial score (nSPS) is 15.6. The Morgan fingerprint density at radius 3 is 2.38 bits per heavy atom. The molecule has 3 unspecified atom stereocenters. The van der Waals surface area contributed by atoms with E-state index in [1.54, 1.807) is 0 Å². The molecule has 0 bridgehead atoms. The van der Waals surface area contributed by atoms with E-state index in [-0.39, 0.29) is 18.5 Å². The first-order valence-electron chi connectivity index (χ1n) is 9.00. The lowest BCUT2D eigenvalue weighted by atomic mass is 9.88. The van der Waals surface area contributed by atoms with Gasteiger partial charge in [0.1, 0.15) is 19.3 Å². The van der Waals surface area contributed by atoms with Gasteiger partial charge in [-0.3, -0.25) is 4.79 Å². The van der Waals surface area contributed by atoms with Crippen molar-refractivity contribution in [3.8, 4) is 0 Å². The fourth-order valence-corrected chi connectivity index (χ4v) is 2.86. The van der Waals surface area contributed by atoms with Crippen LogP contribution in [-0.2, 0) is 9.53 Å². The lowest BCUT2D eigenvalue weighted by Crippen LogP contribution is -2.46. The van der Waals surface area contributed by atoms with Crippen molar-refractivity contribution in [3.63, 3.8) is 0 Å². The molecular formula is C20H34NO3+. The van der Waals surface area contributed by atoms with Gasteiger partial charge in [0.25, 0.3) is 0 Å². The topological polar surface area (TPSA) is 46.5 Å². The van der Waals surface area contributed by atoms with Gasteiger partial charge in [0.05, 0.1) is 26.6 Å². The third-order valence-corrected chi connectivity index (χ3v) is 4.78. The summed E-state index contributed by atoms with van der Waals surface area (Å²) in [7, 11) is 4.11. The molecule has 24 heavy (non-hydrogen) atoms. The first-order chi connectivity index (χ1) is 11.3. The van der Waals surface area contributed by atoms with E-state index in [9.17, 15) is 9.90 Å². The predicted molar refractivity (Wildman–Crippen MR) is 97.7 cm³/mol. The Morgan fingerprint density at radius 2 is 1.83 bits per heavy atom. The van der Waals surface area contributed by atoms with E-state index in [1.165, 1.54) is 5.56 Å². The Labute approximate surface area is 147 Å². The summed E-state index contributed by atoms with van der Waals surface area (Å²) in [6.07, 6.45) is 1.14. The molecule has 0 aliphatic rings. The molecule has 3 atom stereocenters. The number of likely N-dealkylation sites (N-methyl/N-ethyl adjacent to an activating group) is 1. The number of rotatable bonds is 10. The van der Waals surface area contributed by atoms with Crippen molar-refractivity contribution < 1.29 is 19.1 Å². The standard InChI is InChI=1S/C20H34NO3/c1-6-17(18-11-9-8-10-12-18)13-16(3)20(23)24-15-19(22)14-21(4,5)7-2/h8-12,16-17,19,22H,6-7,13-15H2,1-5H3/q+1. The Morgan fingerprint density at radius 1 is 1.21 bits per heavy atom. The van der Waals surface area contributed by atoms with Crippen LogP contribution in [0.15, 0.2) is 30.3 Å². The molecule has 0 saturated carbocycles. The van der Waals surface area contributed by atoms with Crippen LogP contribution in [0.4, 0.5) is 0 Å². The zero-order valence-electron chi connectivity index (χ0n) is 15.9. The summed E-state index contributed by atoms with van der Waals surface area (Å²) >= 11 is 0. The molecule has 4 heteroatoms. The van der Waals surface area contributed by atoms with Crippen molar-refractivity contribution >= 4 is 5.97 Å². The molecule has 0 heterocycles. The number of carbonyl (C=O) groups excluding carboxylic acids is 1. The summed E-state index contributed by atoms with van der Waals surface area (Å²) in [4.78, 5) is 12.2. The maximum Gasteiger partial charge on any atom is 0.308 e. The molecule has 0 radical (unpaired) electrons. The molecule has 0 fully saturated rings. The van der Waals surface area contributed by atoms with Gasteiger partial charge >= 0.3 is 5.97 Å². The lowest BCUT2D eigenvalue weighted by Gasteiger charge is -2.30. The van der Waals surface area contributed by atoms with E-state index in [2.05, 4.69) is 40.1 Å². The number of nitrogens with zero attached hydrogens (tertiary/aromatic N) is 1. The Hall–Kier alpha value is -1.39. The van der Waals surface area contributed by atoms with Gasteiger partial charge in [0, 0.05) is 0 Å². The molecular weight excluding hydrogens is 302 g/mol. The first-order valence-corrected chi connectivity index (χ1v) is 9.00. The van der Waals surface area contributed by atoms with Crippen LogP contribution < -0.4 is 0 Å². The average Bonchev–Trinajstić information content (AvgIpc) is 2.57. The molecule has 4 nitrogen and oxygen atoms in total. The number of hydrogen-bond donors (Lipinski definition) is 1. The molecule has 0 amide bonds. The highest BCUT2D eigenvalue weighted by atomic mass is 16.5. The third-order valence-electron chi connectivity index (χ3n) is 4.78. The van der Waals surface area contributed by atoms with Crippen LogP contribution >= 0.6 is 0 Å². The van der Waals surface area contributed by atoms with Crippen molar-refractivity contribution in [1.29, 1.82) is 0 Å². The van der Waals surface area contributed by atoms with Crippen molar-refractivity contribution in [3.05, 3.63) is 35.9 Å². The molecule has 0 aliphatic heterocycles. The molecule has 1 aromatic carbocycles. The zero-order chi connectivity index (χ0) is 18.2. The number of ether oxygens (including phenoxy) is 1. The van der Waals surface area contributed by atoms with Gasteiger partial charge in [0.15, 0.2) is 0 Å². The number of aliphatic hydroxyl groups is 1. The molecule has 1 N–H and O–H groups in total. The second-order valence-electron chi connectivity index (χ2n) is 7.37. The van der Waals surface area contributed by atoms with Gasteiger partial charge in [-0.25, -0.2) is 0 Å². The minimum Gasteiger partial charge on any atom is -0.462 e. The lowest BCUT2D eigenvalue weighted by molar-refractivity contribution is -0.891. The number of esters is 1. The van der Waals surface area contributed by atoms with Gasteiger partial charge in [-0.05, 0) is 31.2 Å². The van der Waals surface area contributed by atoms with E-state index in [1.807, 2.05) is 25.1 Å². The largest absolute Gasteiger partial charge is 0.462 e. The molecule has 136 valence electrons. The van der Waals surface area contributed by atoms with Crippen LogP contribution in [0.2, 0.25) is 0 Å². The number of aliphatic hydroxyl groups excluding tert-OH is 1. The van der Waals surface area contributed by atoms with E-state index >= 15 is 0 Å². The molecule has 0 aliphatic carbocycles. The fourth-order valence-electron chi connectivity index (χ4n) is 2.86. The summed E-state index contributed by atoms with van der Waals surface area (Å²) in [5.41, 5.74) is 1.27. The van der Waals surface area contributed by atoms with Crippen LogP contribution in [0.3, 0.4) is 0 Å². The minimum absolute atomic E-state index is 0.0764. The van der Waals surface area contributed by atoms with Gasteiger partial charge in [-0.15, -0.1) is 0 Å². The van der Waals surface area contributed by atoms with Crippen LogP contribution in [0, 0.1) is 5.92 Å². The highest BCUT2D eigenvalue weighted by Gasteiger charge is 2.23. The summed E-state index contributed by atoms with van der Waals surface area (Å²) in [5, 5.41) is 10.1. The summed E-state index contributed by atoms with van der Waals surface area (Å²) in [6, 6.07) is 10.3. The summed E-state index contributed by atoms with van der Waals surface area (Å²) < 4.78 is 6.05. The predicted octanol–water partition coefficient (Wildman–Crippen LogP) is 3.21. The van der Waals surface area contributed by atoms with Crippen LogP contribution in [0.25, 0.3) is 0 Å². The van der Waals surface area contributed by atoms with Gasteiger partial charge in [0.2, 0.25) is 0 Å². The fraction of sp³-hybridized carbons (Fsp3) is 0.650.